The largest absolute Gasteiger partial charge is 0.364 e. The Morgan fingerprint density at radius 3 is 2.84 bits per heavy atom. The van der Waals surface area contributed by atoms with Crippen molar-refractivity contribution in [2.24, 2.45) is 4.99 Å². The molecular formula is C19H20ClFN4O4S2. The van der Waals surface area contributed by atoms with Crippen molar-refractivity contribution in [2.45, 2.75) is 24.8 Å². The number of benzene rings is 1. The molecule has 1 aromatic carbocycles. The zero-order valence-electron chi connectivity index (χ0n) is 16.6. The van der Waals surface area contributed by atoms with Crippen molar-refractivity contribution >= 4 is 38.8 Å². The van der Waals surface area contributed by atoms with Crippen molar-refractivity contribution in [3.63, 3.8) is 0 Å². The van der Waals surface area contributed by atoms with E-state index in [4.69, 9.17) is 21.3 Å². The van der Waals surface area contributed by atoms with E-state index in [1.165, 1.54) is 36.6 Å². The molecule has 0 bridgehead atoms. The predicted octanol–water partition coefficient (Wildman–Crippen LogP) is 2.28. The summed E-state index contributed by atoms with van der Waals surface area (Å²) in [7, 11) is -2.10. The molecule has 1 fully saturated rings. The molecule has 8 nitrogen and oxygen atoms in total. The van der Waals surface area contributed by atoms with Crippen molar-refractivity contribution in [3.05, 3.63) is 62.5 Å². The van der Waals surface area contributed by atoms with Crippen LogP contribution in [0.2, 0.25) is 5.02 Å². The Balaban J connectivity index is 1.88. The molecule has 1 aromatic heterocycles. The molecule has 0 spiro atoms. The molecule has 2 unspecified atom stereocenters. The number of halogens is 2. The van der Waals surface area contributed by atoms with Crippen LogP contribution in [0, 0.1) is 5.82 Å². The second kappa shape index (κ2) is 8.57. The maximum absolute atomic E-state index is 13.7. The van der Waals surface area contributed by atoms with Crippen LogP contribution in [-0.4, -0.2) is 61.5 Å². The number of nitrogens with zero attached hydrogens (tertiary/aromatic N) is 3. The Kier molecular flexibility index (Phi) is 6.16. The summed E-state index contributed by atoms with van der Waals surface area (Å²) in [6.45, 7) is 0.310. The molecule has 3 atom stereocenters. The predicted molar refractivity (Wildman–Crippen MR) is 116 cm³/mol. The number of fused-ring (bicyclic) bond motifs is 1. The summed E-state index contributed by atoms with van der Waals surface area (Å²) in [6.07, 6.45) is 1.73. The number of amidine groups is 1. The fourth-order valence-electron chi connectivity index (χ4n) is 3.90. The minimum Gasteiger partial charge on any atom is -0.364 e. The third-order valence-electron chi connectivity index (χ3n) is 5.05. The normalized spacial score (nSPS) is 22.5. The Morgan fingerprint density at radius 1 is 1.45 bits per heavy atom. The summed E-state index contributed by atoms with van der Waals surface area (Å²) >= 11 is 7.72. The summed E-state index contributed by atoms with van der Waals surface area (Å²) in [6, 6.07) is 2.79. The molecule has 0 radical (unpaired) electrons. The van der Waals surface area contributed by atoms with Crippen LogP contribution in [0.1, 0.15) is 23.0 Å². The van der Waals surface area contributed by atoms with Crippen LogP contribution in [0.4, 0.5) is 4.39 Å². The van der Waals surface area contributed by atoms with Crippen LogP contribution in [-0.2, 0) is 14.8 Å². The van der Waals surface area contributed by atoms with E-state index in [0.29, 0.717) is 40.6 Å². The van der Waals surface area contributed by atoms with Crippen molar-refractivity contribution in [3.8, 4) is 0 Å². The first-order valence-corrected chi connectivity index (χ1v) is 12.4. The first-order chi connectivity index (χ1) is 14.7. The number of rotatable bonds is 6. The first-order valence-electron chi connectivity index (χ1n) is 9.29. The molecule has 166 valence electrons. The van der Waals surface area contributed by atoms with Gasteiger partial charge in [0, 0.05) is 54.0 Å². The van der Waals surface area contributed by atoms with E-state index in [9.17, 15) is 17.9 Å². The lowest BCUT2D eigenvalue weighted by molar-refractivity contribution is -0.0500. The summed E-state index contributed by atoms with van der Waals surface area (Å²) in [5.74, 6) is 0.0373. The minimum atomic E-state index is -3.45. The smallest absolute Gasteiger partial charge is 0.209 e. The summed E-state index contributed by atoms with van der Waals surface area (Å²) in [4.78, 5) is 11.0. The molecule has 2 N–H and O–H groups in total. The van der Waals surface area contributed by atoms with Gasteiger partial charge in [0.05, 0.1) is 6.26 Å². The van der Waals surface area contributed by atoms with Gasteiger partial charge in [-0.3, -0.25) is 4.99 Å². The Morgan fingerprint density at radius 2 is 2.23 bits per heavy atom. The number of aliphatic hydroxyl groups excluding tert-OH is 1. The lowest BCUT2D eigenvalue weighted by Crippen LogP contribution is -2.39. The van der Waals surface area contributed by atoms with E-state index in [1.54, 1.807) is 6.20 Å². The Labute approximate surface area is 188 Å². The number of sulfonamides is 1. The average Bonchev–Trinajstić information content (AvgIpc) is 3.34. The second-order valence-corrected chi connectivity index (χ2v) is 10.3. The molecule has 0 aliphatic carbocycles. The molecular weight excluding hydrogens is 467 g/mol. The van der Waals surface area contributed by atoms with Crippen molar-refractivity contribution < 1.29 is 22.7 Å². The average molecular weight is 487 g/mol. The first kappa shape index (κ1) is 22.3. The van der Waals surface area contributed by atoms with Crippen LogP contribution >= 0.6 is 22.9 Å². The molecule has 3 heterocycles. The topological polar surface area (TPSA) is 104 Å². The highest BCUT2D eigenvalue weighted by atomic mass is 35.5. The summed E-state index contributed by atoms with van der Waals surface area (Å²) < 4.78 is 45.1. The summed E-state index contributed by atoms with van der Waals surface area (Å²) in [5, 5.41) is 13.3. The lowest BCUT2D eigenvalue weighted by Gasteiger charge is -2.34. The highest BCUT2D eigenvalue weighted by Gasteiger charge is 2.42. The zero-order valence-corrected chi connectivity index (χ0v) is 19.0. The van der Waals surface area contributed by atoms with Gasteiger partial charge in [-0.1, -0.05) is 17.7 Å². The van der Waals surface area contributed by atoms with Crippen molar-refractivity contribution in [1.82, 2.24) is 14.6 Å². The molecule has 0 saturated carbocycles. The van der Waals surface area contributed by atoms with Gasteiger partial charge in [-0.25, -0.2) is 22.5 Å². The van der Waals surface area contributed by atoms with Crippen LogP contribution in [0.15, 0.2) is 46.0 Å². The van der Waals surface area contributed by atoms with E-state index < -0.39 is 34.2 Å². The van der Waals surface area contributed by atoms with Crippen molar-refractivity contribution in [1.29, 1.82) is 0 Å². The van der Waals surface area contributed by atoms with Gasteiger partial charge < -0.3 is 14.7 Å². The highest BCUT2D eigenvalue weighted by molar-refractivity contribution is 7.88. The van der Waals surface area contributed by atoms with E-state index in [0.717, 1.165) is 6.26 Å². The fourth-order valence-corrected chi connectivity index (χ4v) is 5.57. The number of methoxy groups -OCH3 is 1. The zero-order chi connectivity index (χ0) is 22.3. The molecule has 0 amide bonds. The Hall–Kier alpha value is -1.89. The third-order valence-corrected chi connectivity index (χ3v) is 6.91. The number of hydrogen-bond donors (Lipinski definition) is 2. The lowest BCUT2D eigenvalue weighted by atomic mass is 9.94. The molecule has 1 saturated heterocycles. The Bertz CT molecular complexity index is 1150. The van der Waals surface area contributed by atoms with Gasteiger partial charge in [0.15, 0.2) is 17.1 Å². The third kappa shape index (κ3) is 4.52. The highest BCUT2D eigenvalue weighted by Crippen LogP contribution is 2.43. The van der Waals surface area contributed by atoms with Gasteiger partial charge in [0.2, 0.25) is 10.0 Å². The van der Waals surface area contributed by atoms with Gasteiger partial charge in [-0.05, 0) is 17.7 Å². The number of aromatic nitrogens is 1. The molecule has 4 rings (SSSR count). The number of aliphatic imine (C=N–C) groups is 1. The molecule has 2 aromatic rings. The van der Waals surface area contributed by atoms with E-state index >= 15 is 0 Å². The number of aliphatic hydroxyl groups is 1. The molecule has 2 aliphatic rings. The second-order valence-electron chi connectivity index (χ2n) is 7.25. The van der Waals surface area contributed by atoms with Crippen LogP contribution < -0.4 is 4.72 Å². The van der Waals surface area contributed by atoms with Gasteiger partial charge in [-0.2, -0.15) is 0 Å². The van der Waals surface area contributed by atoms with Gasteiger partial charge in [-0.15, -0.1) is 11.3 Å². The number of ether oxygens (including phenoxy) is 1. The van der Waals surface area contributed by atoms with Gasteiger partial charge >= 0.3 is 0 Å². The standard InChI is InChI=1S/C19H20ClFN4O4S2/c1-29-19(26)15-14-8-11(24-31(2,27)28)9-25(14)17(18-22-5-6-30-18)23-16(15)12-4-3-10(21)7-13(12)20/h3-7,11,16,19,24,26H,8-9H2,1-2H3/t11?,16-,19?/m0/s1. The van der Waals surface area contributed by atoms with Crippen LogP contribution in [0.5, 0.6) is 0 Å². The maximum atomic E-state index is 13.7. The number of thiazole rings is 1. The fraction of sp³-hybridized carbons (Fsp3) is 0.368. The number of nitrogens with one attached hydrogen (secondary N) is 1. The monoisotopic (exact) mass is 486 g/mol. The maximum Gasteiger partial charge on any atom is 0.209 e. The minimum absolute atomic E-state index is 0.158. The quantitative estimate of drug-likeness (QED) is 0.607. The van der Waals surface area contributed by atoms with Crippen molar-refractivity contribution in [2.75, 3.05) is 19.9 Å². The van der Waals surface area contributed by atoms with E-state index in [2.05, 4.69) is 9.71 Å². The van der Waals surface area contributed by atoms with Crippen LogP contribution in [0.3, 0.4) is 0 Å². The summed E-state index contributed by atoms with van der Waals surface area (Å²) in [5.41, 5.74) is 1.59. The van der Waals surface area contributed by atoms with E-state index in [1.807, 2.05) is 10.3 Å². The van der Waals surface area contributed by atoms with E-state index in [-0.39, 0.29) is 5.02 Å². The SMILES string of the molecule is COC(O)C1=C2CC(NS(C)(=O)=O)CN2C(c2nccs2)=N[C@H]1c1ccc(F)cc1Cl. The number of hydrogen-bond acceptors (Lipinski definition) is 8. The molecule has 2 aliphatic heterocycles. The molecule has 31 heavy (non-hydrogen) atoms. The van der Waals surface area contributed by atoms with Crippen LogP contribution in [0.25, 0.3) is 0 Å². The molecule has 12 heteroatoms. The van der Waals surface area contributed by atoms with Gasteiger partial charge in [0.1, 0.15) is 11.9 Å². The van der Waals surface area contributed by atoms with Gasteiger partial charge in [0.25, 0.3) is 0 Å².